The van der Waals surface area contributed by atoms with Gasteiger partial charge in [-0.05, 0) is 36.8 Å². The number of alkyl halides is 2. The largest absolute Gasteiger partial charge is 0.401 e. The van der Waals surface area contributed by atoms with Gasteiger partial charge in [-0.15, -0.1) is 5.10 Å². The van der Waals surface area contributed by atoms with Crippen molar-refractivity contribution < 1.29 is 13.2 Å². The molecule has 0 N–H and O–H groups in total. The van der Waals surface area contributed by atoms with Crippen molar-refractivity contribution in [3.8, 4) is 23.5 Å². The van der Waals surface area contributed by atoms with Gasteiger partial charge in [0.2, 0.25) is 5.89 Å². The van der Waals surface area contributed by atoms with E-state index in [9.17, 15) is 13.6 Å². The highest BCUT2D eigenvalue weighted by Crippen LogP contribution is 2.35. The van der Waals surface area contributed by atoms with Crippen LogP contribution < -0.4 is 10.5 Å². The average Bonchev–Trinajstić information content (AvgIpc) is 3.17. The Balaban J connectivity index is 1.72. The highest BCUT2D eigenvalue weighted by atomic mass is 35.5. The number of hydrogen-bond acceptors (Lipinski definition) is 7. The zero-order valence-electron chi connectivity index (χ0n) is 16.5. The number of anilines is 1. The molecule has 0 aliphatic carbocycles. The third kappa shape index (κ3) is 3.27. The summed E-state index contributed by atoms with van der Waals surface area (Å²) in [6.07, 6.45) is 1.50. The van der Waals surface area contributed by atoms with Crippen LogP contribution in [0.4, 0.5) is 14.6 Å². The predicted molar refractivity (Wildman–Crippen MR) is 112 cm³/mol. The van der Waals surface area contributed by atoms with Gasteiger partial charge in [0.15, 0.2) is 11.6 Å². The fraction of sp³-hybridized carbons (Fsp3) is 0.190. The van der Waals surface area contributed by atoms with Gasteiger partial charge >= 0.3 is 5.63 Å². The highest BCUT2D eigenvalue weighted by molar-refractivity contribution is 6.32. The van der Waals surface area contributed by atoms with Crippen LogP contribution >= 0.6 is 11.6 Å². The lowest BCUT2D eigenvalue weighted by molar-refractivity contribution is -0.0267. The van der Waals surface area contributed by atoms with Crippen molar-refractivity contribution in [1.29, 1.82) is 5.26 Å². The van der Waals surface area contributed by atoms with Crippen molar-refractivity contribution in [3.05, 3.63) is 63.1 Å². The van der Waals surface area contributed by atoms with Crippen molar-refractivity contribution in [2.45, 2.75) is 12.8 Å². The Morgan fingerprint density at radius 1 is 1.28 bits per heavy atom. The zero-order chi connectivity index (χ0) is 22.6. The number of fused-ring (bicyclic) bond motifs is 1. The van der Waals surface area contributed by atoms with E-state index in [1.165, 1.54) is 27.9 Å². The van der Waals surface area contributed by atoms with Crippen LogP contribution in [0.2, 0.25) is 5.02 Å². The van der Waals surface area contributed by atoms with Gasteiger partial charge < -0.3 is 9.32 Å². The highest BCUT2D eigenvalue weighted by Gasteiger charge is 2.45. The second-order valence-corrected chi connectivity index (χ2v) is 7.84. The fourth-order valence-corrected chi connectivity index (χ4v) is 3.77. The predicted octanol–water partition coefficient (Wildman–Crippen LogP) is 3.72. The van der Waals surface area contributed by atoms with Gasteiger partial charge in [-0.25, -0.2) is 28.2 Å². The van der Waals surface area contributed by atoms with Crippen LogP contribution in [0.25, 0.3) is 28.3 Å². The van der Waals surface area contributed by atoms with E-state index in [0.717, 1.165) is 0 Å². The smallest absolute Gasteiger partial charge is 0.347 e. The molecule has 32 heavy (non-hydrogen) atoms. The first-order valence-electron chi connectivity index (χ1n) is 9.45. The van der Waals surface area contributed by atoms with Crippen molar-refractivity contribution >= 4 is 28.3 Å². The van der Waals surface area contributed by atoms with Gasteiger partial charge in [-0.1, -0.05) is 11.6 Å². The Morgan fingerprint density at radius 2 is 2.06 bits per heavy atom. The van der Waals surface area contributed by atoms with Crippen LogP contribution in [0.15, 0.2) is 45.7 Å². The molecule has 1 aliphatic rings. The summed E-state index contributed by atoms with van der Waals surface area (Å²) in [4.78, 5) is 22.8. The van der Waals surface area contributed by atoms with Crippen LogP contribution in [0.1, 0.15) is 11.1 Å². The molecule has 4 aromatic rings. The Labute approximate surface area is 184 Å². The standard InChI is InChI=1S/C21H13ClF2N6O2/c1-11-5-12(8-25)6-13-17(11)27-19(32-20(13)31)15-7-16(29-9-21(23,24)10-29)28-30(15)18-14(22)3-2-4-26-18/h2-7H,9-10H2,1H3. The Hall–Kier alpha value is -3.84. The molecule has 5 rings (SSSR count). The third-order valence-corrected chi connectivity index (χ3v) is 5.37. The van der Waals surface area contributed by atoms with Crippen molar-refractivity contribution in [1.82, 2.24) is 19.7 Å². The summed E-state index contributed by atoms with van der Waals surface area (Å²) in [7, 11) is 0. The summed E-state index contributed by atoms with van der Waals surface area (Å²) in [5, 5.41) is 14.0. The molecule has 3 aromatic heterocycles. The lowest BCUT2D eigenvalue weighted by atomic mass is 10.1. The molecule has 0 bridgehead atoms. The molecule has 0 atom stereocenters. The molecule has 0 spiro atoms. The second kappa shape index (κ2) is 7.10. The monoisotopic (exact) mass is 454 g/mol. The number of halogens is 3. The van der Waals surface area contributed by atoms with Crippen LogP contribution in [0.3, 0.4) is 0 Å². The van der Waals surface area contributed by atoms with Gasteiger partial charge in [-0.3, -0.25) is 0 Å². The van der Waals surface area contributed by atoms with Gasteiger partial charge in [0.1, 0.15) is 5.69 Å². The minimum Gasteiger partial charge on any atom is -0.401 e. The topological polar surface area (TPSA) is 101 Å². The summed E-state index contributed by atoms with van der Waals surface area (Å²) in [5.41, 5.74) is 0.800. The molecule has 1 saturated heterocycles. The van der Waals surface area contributed by atoms with Gasteiger partial charge in [-0.2, -0.15) is 5.26 Å². The summed E-state index contributed by atoms with van der Waals surface area (Å²) in [5.74, 6) is -2.41. The maximum absolute atomic E-state index is 13.4. The lowest BCUT2D eigenvalue weighted by Gasteiger charge is -2.38. The van der Waals surface area contributed by atoms with Gasteiger partial charge in [0.25, 0.3) is 5.92 Å². The molecule has 0 radical (unpaired) electrons. The van der Waals surface area contributed by atoms with Crippen LogP contribution in [0, 0.1) is 18.3 Å². The molecule has 8 nitrogen and oxygen atoms in total. The number of nitrogens with zero attached hydrogens (tertiary/aromatic N) is 6. The minimum absolute atomic E-state index is 0.0805. The number of aromatic nitrogens is 4. The Morgan fingerprint density at radius 3 is 2.75 bits per heavy atom. The van der Waals surface area contributed by atoms with Crippen LogP contribution in [-0.2, 0) is 0 Å². The maximum atomic E-state index is 13.4. The SMILES string of the molecule is Cc1cc(C#N)cc2c(=O)oc(-c3cc(N4CC(F)(F)C4)nn3-c3ncccc3Cl)nc12. The molecule has 11 heteroatoms. The molecule has 4 heterocycles. The summed E-state index contributed by atoms with van der Waals surface area (Å²) in [6.45, 7) is 0.759. The van der Waals surface area contributed by atoms with Crippen LogP contribution in [-0.4, -0.2) is 38.8 Å². The molecule has 0 saturated carbocycles. The van der Waals surface area contributed by atoms with Gasteiger partial charge in [0, 0.05) is 12.3 Å². The van der Waals surface area contributed by atoms with Crippen LogP contribution in [0.5, 0.6) is 0 Å². The molecular formula is C21H13ClF2N6O2. The Kier molecular flexibility index (Phi) is 4.46. The molecule has 0 unspecified atom stereocenters. The van der Waals surface area contributed by atoms with Crippen molar-refractivity contribution in [3.63, 3.8) is 0 Å². The van der Waals surface area contributed by atoms with Gasteiger partial charge in [0.05, 0.1) is 40.6 Å². The molecule has 1 fully saturated rings. The number of aryl methyl sites for hydroxylation is 1. The lowest BCUT2D eigenvalue weighted by Crippen LogP contribution is -2.56. The van der Waals surface area contributed by atoms with E-state index in [1.54, 1.807) is 25.1 Å². The quantitative estimate of drug-likeness (QED) is 0.465. The molecule has 1 aliphatic heterocycles. The molecule has 0 amide bonds. The number of pyridine rings is 1. The molecular weight excluding hydrogens is 442 g/mol. The number of benzene rings is 1. The van der Waals surface area contributed by atoms with E-state index in [1.807, 2.05) is 6.07 Å². The second-order valence-electron chi connectivity index (χ2n) is 7.43. The van der Waals surface area contributed by atoms with E-state index in [2.05, 4.69) is 15.1 Å². The summed E-state index contributed by atoms with van der Waals surface area (Å²) in [6, 6.07) is 9.75. The van der Waals surface area contributed by atoms with Crippen molar-refractivity contribution in [2.75, 3.05) is 18.0 Å². The fourth-order valence-electron chi connectivity index (χ4n) is 3.57. The number of hydrogen-bond donors (Lipinski definition) is 0. The zero-order valence-corrected chi connectivity index (χ0v) is 17.3. The summed E-state index contributed by atoms with van der Waals surface area (Å²) < 4.78 is 33.6. The average molecular weight is 455 g/mol. The number of nitriles is 1. The first-order valence-corrected chi connectivity index (χ1v) is 9.83. The van der Waals surface area contributed by atoms with E-state index in [0.29, 0.717) is 16.6 Å². The van der Waals surface area contributed by atoms with E-state index >= 15 is 0 Å². The number of rotatable bonds is 3. The first kappa shape index (κ1) is 20.1. The maximum Gasteiger partial charge on any atom is 0.347 e. The normalized spacial score (nSPS) is 14.9. The molecule has 1 aromatic carbocycles. The van der Waals surface area contributed by atoms with E-state index in [4.69, 9.17) is 21.3 Å². The van der Waals surface area contributed by atoms with E-state index < -0.39 is 24.6 Å². The van der Waals surface area contributed by atoms with Crippen molar-refractivity contribution in [2.24, 2.45) is 0 Å². The minimum atomic E-state index is -2.80. The first-order chi connectivity index (χ1) is 15.3. The third-order valence-electron chi connectivity index (χ3n) is 5.08. The Bertz CT molecular complexity index is 1480. The van der Waals surface area contributed by atoms with E-state index in [-0.39, 0.29) is 33.6 Å². The molecule has 160 valence electrons. The summed E-state index contributed by atoms with van der Waals surface area (Å²) >= 11 is 6.28.